The number of rotatable bonds is 6. The predicted molar refractivity (Wildman–Crippen MR) is 68.8 cm³/mol. The molecule has 1 heterocycles. The van der Waals surface area contributed by atoms with E-state index >= 15 is 0 Å². The van der Waals surface area contributed by atoms with Gasteiger partial charge in [0.25, 0.3) is 5.91 Å². The molecule has 7 heteroatoms. The fourth-order valence-electron chi connectivity index (χ4n) is 1.48. The van der Waals surface area contributed by atoms with Gasteiger partial charge in [0, 0.05) is 12.6 Å². The summed E-state index contributed by atoms with van der Waals surface area (Å²) in [5.74, 6) is -1.60. The number of amides is 1. The monoisotopic (exact) mass is 280 g/mol. The maximum absolute atomic E-state index is 11.9. The Morgan fingerprint density at radius 2 is 2.00 bits per heavy atom. The molecule has 0 radical (unpaired) electrons. The lowest BCUT2D eigenvalue weighted by atomic mass is 10.1. The van der Waals surface area contributed by atoms with Gasteiger partial charge in [0.2, 0.25) is 0 Å². The Kier molecular flexibility index (Phi) is 6.15. The number of pyridine rings is 1. The van der Waals surface area contributed by atoms with E-state index in [1.165, 1.54) is 26.5 Å². The number of nitrogens with zero attached hydrogens (tertiary/aromatic N) is 1. The minimum absolute atomic E-state index is 0.00123. The second-order valence-electron chi connectivity index (χ2n) is 3.88. The molecule has 0 saturated heterocycles. The maximum atomic E-state index is 11.9. The largest absolute Gasteiger partial charge is 0.469 e. The van der Waals surface area contributed by atoms with Crippen molar-refractivity contribution in [2.24, 2.45) is 0 Å². The lowest BCUT2D eigenvalue weighted by Gasteiger charge is -2.15. The van der Waals surface area contributed by atoms with E-state index in [-0.39, 0.29) is 18.5 Å². The number of hydrogen-bond donors (Lipinski definition) is 1. The van der Waals surface area contributed by atoms with Crippen molar-refractivity contribution in [1.82, 2.24) is 10.3 Å². The summed E-state index contributed by atoms with van der Waals surface area (Å²) in [6.07, 6.45) is 1.56. The zero-order valence-electron chi connectivity index (χ0n) is 11.3. The number of methoxy groups -OCH3 is 2. The third kappa shape index (κ3) is 4.68. The molecule has 1 N–H and O–H groups in total. The molecule has 0 aliphatic heterocycles. The van der Waals surface area contributed by atoms with Crippen LogP contribution in [-0.2, 0) is 19.1 Å². The van der Waals surface area contributed by atoms with Gasteiger partial charge in [-0.15, -0.1) is 0 Å². The van der Waals surface area contributed by atoms with Crippen molar-refractivity contribution in [2.75, 3.05) is 14.2 Å². The van der Waals surface area contributed by atoms with E-state index in [0.29, 0.717) is 0 Å². The summed E-state index contributed by atoms with van der Waals surface area (Å²) in [7, 11) is 2.46. The topological polar surface area (TPSA) is 94.6 Å². The lowest BCUT2D eigenvalue weighted by molar-refractivity contribution is -0.144. The molecule has 0 unspecified atom stereocenters. The van der Waals surface area contributed by atoms with Gasteiger partial charge in [-0.1, -0.05) is 6.07 Å². The number of hydrogen-bond acceptors (Lipinski definition) is 6. The van der Waals surface area contributed by atoms with Crippen molar-refractivity contribution in [1.29, 1.82) is 0 Å². The zero-order chi connectivity index (χ0) is 15.0. The van der Waals surface area contributed by atoms with Crippen LogP contribution in [0.1, 0.15) is 23.3 Å². The lowest BCUT2D eigenvalue weighted by Crippen LogP contribution is -2.42. The van der Waals surface area contributed by atoms with Crippen LogP contribution in [0, 0.1) is 0 Å². The molecule has 20 heavy (non-hydrogen) atoms. The first-order valence-corrected chi connectivity index (χ1v) is 5.95. The van der Waals surface area contributed by atoms with Gasteiger partial charge in [-0.2, -0.15) is 0 Å². The van der Waals surface area contributed by atoms with E-state index in [2.05, 4.69) is 19.8 Å². The van der Waals surface area contributed by atoms with Gasteiger partial charge in [0.05, 0.1) is 14.2 Å². The van der Waals surface area contributed by atoms with Crippen molar-refractivity contribution in [3.05, 3.63) is 30.1 Å². The van der Waals surface area contributed by atoms with Crippen molar-refractivity contribution < 1.29 is 23.9 Å². The van der Waals surface area contributed by atoms with Crippen LogP contribution in [0.15, 0.2) is 24.4 Å². The second-order valence-corrected chi connectivity index (χ2v) is 3.88. The first-order valence-electron chi connectivity index (χ1n) is 5.95. The molecule has 0 spiro atoms. The van der Waals surface area contributed by atoms with Gasteiger partial charge < -0.3 is 14.8 Å². The molecule has 0 bridgehead atoms. The Hall–Kier alpha value is -2.44. The van der Waals surface area contributed by atoms with Gasteiger partial charge in [0.15, 0.2) is 0 Å². The van der Waals surface area contributed by atoms with E-state index in [0.717, 1.165) is 0 Å². The van der Waals surface area contributed by atoms with Crippen molar-refractivity contribution in [3.63, 3.8) is 0 Å². The van der Waals surface area contributed by atoms with Crippen LogP contribution in [0.2, 0.25) is 0 Å². The van der Waals surface area contributed by atoms with Crippen LogP contribution in [0.25, 0.3) is 0 Å². The molecule has 7 nitrogen and oxygen atoms in total. The molecule has 0 aromatic carbocycles. The molecule has 0 aliphatic rings. The summed E-state index contributed by atoms with van der Waals surface area (Å²) in [5, 5.41) is 2.48. The molecule has 0 saturated carbocycles. The number of carbonyl (C=O) groups is 3. The number of nitrogens with one attached hydrogen (secondary N) is 1. The van der Waals surface area contributed by atoms with Crippen LogP contribution in [0.3, 0.4) is 0 Å². The van der Waals surface area contributed by atoms with Crippen molar-refractivity contribution in [3.8, 4) is 0 Å². The van der Waals surface area contributed by atoms with Crippen molar-refractivity contribution in [2.45, 2.75) is 18.9 Å². The Balaban J connectivity index is 2.67. The van der Waals surface area contributed by atoms with E-state index in [9.17, 15) is 14.4 Å². The molecule has 0 aliphatic carbocycles. The molecule has 1 rings (SSSR count). The van der Waals surface area contributed by atoms with Crippen LogP contribution in [-0.4, -0.2) is 43.1 Å². The van der Waals surface area contributed by atoms with E-state index in [4.69, 9.17) is 0 Å². The normalized spacial score (nSPS) is 11.3. The number of esters is 2. The minimum atomic E-state index is -0.923. The average molecular weight is 280 g/mol. The SMILES string of the molecule is COC(=O)CC[C@@H](NC(=O)c1ccccn1)C(=O)OC. The van der Waals surface area contributed by atoms with Gasteiger partial charge in [0.1, 0.15) is 11.7 Å². The highest BCUT2D eigenvalue weighted by atomic mass is 16.5. The Bertz CT molecular complexity index is 475. The van der Waals surface area contributed by atoms with E-state index in [1.54, 1.807) is 12.1 Å². The van der Waals surface area contributed by atoms with E-state index in [1.807, 2.05) is 0 Å². The molecule has 0 fully saturated rings. The summed E-state index contributed by atoms with van der Waals surface area (Å²) in [6.45, 7) is 0. The molecule has 1 aromatic heterocycles. The van der Waals surface area contributed by atoms with Crippen LogP contribution < -0.4 is 5.32 Å². The smallest absolute Gasteiger partial charge is 0.328 e. The highest BCUT2D eigenvalue weighted by molar-refractivity contribution is 5.95. The number of carbonyl (C=O) groups excluding carboxylic acids is 3. The summed E-state index contributed by atoms with van der Waals surface area (Å²) in [5.41, 5.74) is 0.180. The van der Waals surface area contributed by atoms with Gasteiger partial charge in [-0.05, 0) is 18.6 Å². The van der Waals surface area contributed by atoms with Crippen LogP contribution >= 0.6 is 0 Å². The molecule has 1 aromatic rings. The van der Waals surface area contributed by atoms with Gasteiger partial charge >= 0.3 is 11.9 Å². The highest BCUT2D eigenvalue weighted by Gasteiger charge is 2.23. The van der Waals surface area contributed by atoms with Gasteiger partial charge in [-0.25, -0.2) is 4.79 Å². The van der Waals surface area contributed by atoms with Crippen molar-refractivity contribution >= 4 is 17.8 Å². The Morgan fingerprint density at radius 1 is 1.25 bits per heavy atom. The summed E-state index contributed by atoms with van der Waals surface area (Å²) in [4.78, 5) is 38.4. The fourth-order valence-corrected chi connectivity index (χ4v) is 1.48. The van der Waals surface area contributed by atoms with Crippen LogP contribution in [0.5, 0.6) is 0 Å². The van der Waals surface area contributed by atoms with Gasteiger partial charge in [-0.3, -0.25) is 14.6 Å². The molecular weight excluding hydrogens is 264 g/mol. The Morgan fingerprint density at radius 3 is 2.55 bits per heavy atom. The standard InChI is InChI=1S/C13H16N2O5/c1-19-11(16)7-6-10(13(18)20-2)15-12(17)9-5-3-4-8-14-9/h3-5,8,10H,6-7H2,1-2H3,(H,15,17)/t10-/m1/s1. The summed E-state index contributed by atoms with van der Waals surface area (Å²) in [6, 6.07) is 3.92. The first kappa shape index (κ1) is 15.6. The van der Waals surface area contributed by atoms with Crippen LogP contribution in [0.4, 0.5) is 0 Å². The first-order chi connectivity index (χ1) is 9.58. The molecule has 1 atom stereocenters. The predicted octanol–water partition coefficient (Wildman–Crippen LogP) is 0.306. The summed E-state index contributed by atoms with van der Waals surface area (Å²) < 4.78 is 9.08. The summed E-state index contributed by atoms with van der Waals surface area (Å²) >= 11 is 0. The highest BCUT2D eigenvalue weighted by Crippen LogP contribution is 2.03. The third-order valence-corrected chi connectivity index (χ3v) is 2.55. The quantitative estimate of drug-likeness (QED) is 0.753. The van der Waals surface area contributed by atoms with E-state index < -0.39 is 23.9 Å². The number of aromatic nitrogens is 1. The maximum Gasteiger partial charge on any atom is 0.328 e. The molecular formula is C13H16N2O5. The fraction of sp³-hybridized carbons (Fsp3) is 0.385. The second kappa shape index (κ2) is 7.88. The molecule has 1 amide bonds. The zero-order valence-corrected chi connectivity index (χ0v) is 11.3. The minimum Gasteiger partial charge on any atom is -0.469 e. The average Bonchev–Trinajstić information content (AvgIpc) is 2.50. The Labute approximate surface area is 116 Å². The molecule has 108 valence electrons. The number of ether oxygens (including phenoxy) is 2. The third-order valence-electron chi connectivity index (χ3n) is 2.55.